The zero-order valence-electron chi connectivity index (χ0n) is 58.7. The van der Waals surface area contributed by atoms with Gasteiger partial charge in [-0.25, -0.2) is 15.0 Å². The molecule has 324 valence electrons. The lowest BCUT2D eigenvalue weighted by Crippen LogP contribution is -2.74. The molecule has 10 aromatic carbocycles. The Bertz CT molecular complexity index is 5210. The van der Waals surface area contributed by atoms with Crippen molar-refractivity contribution in [1.29, 1.82) is 0 Å². The van der Waals surface area contributed by atoms with Crippen molar-refractivity contribution in [2.75, 3.05) is 0 Å². The fraction of sp³-hybridized carbons (Fsp3) is 0. The molecule has 0 atom stereocenters. The van der Waals surface area contributed by atoms with Gasteiger partial charge < -0.3 is 8.98 Å². The summed E-state index contributed by atoms with van der Waals surface area (Å²) in [5.74, 6) is -1.76. The summed E-state index contributed by atoms with van der Waals surface area (Å²) >= 11 is 0. The first kappa shape index (κ1) is 23.2. The second-order valence-corrected chi connectivity index (χ2v) is 19.6. The topological polar surface area (TPSA) is 56.7 Å². The Morgan fingerprint density at radius 3 is 1.43 bits per heavy atom. The van der Waals surface area contributed by atoms with Gasteiger partial charge in [-0.05, 0) is 68.1 Å². The summed E-state index contributed by atoms with van der Waals surface area (Å²) in [6.45, 7) is 0. The predicted octanol–water partition coefficient (Wildman–Crippen LogP) is 12.9. The number of fused-ring (bicyclic) bond motifs is 6. The SMILES string of the molecule is [2H]c1c([2H])c([2H])c(-c2c([2H])c([2H])c([2H])c3oc4c([2H])c([2H])c([2H])c([2H])c4c23)c(-c2nc(-c3ccc([Si](c4ccccc4)(c4ccccc4)c4ccccc4)cc3)nc(-c3c([2H])c([2H])c([2H])c([2H])c3-n3c4c([2H])c([2H])c([2H])c([2H])c4c4c([2H])c([2H])c([2H])c([2H])c43)n2)c1[2H]. The molecule has 0 amide bonds. The van der Waals surface area contributed by atoms with E-state index >= 15 is 0 Å². The predicted molar refractivity (Wildman–Crippen MR) is 287 cm³/mol. The summed E-state index contributed by atoms with van der Waals surface area (Å²) in [5, 5.41) is 2.14. The van der Waals surface area contributed by atoms with Crippen LogP contribution < -0.4 is 20.7 Å². The molecule has 6 heteroatoms. The van der Waals surface area contributed by atoms with E-state index in [2.05, 4.69) is 36.4 Å². The van der Waals surface area contributed by atoms with Crippen molar-refractivity contribution < 1.29 is 35.9 Å². The number of hydrogen-bond acceptors (Lipinski definition) is 4. The Hall–Kier alpha value is -8.97. The molecular formula is C63H42N4OSi. The highest BCUT2D eigenvalue weighted by Crippen LogP contribution is 2.41. The fourth-order valence-corrected chi connectivity index (χ4v) is 13.9. The fourth-order valence-electron chi connectivity index (χ4n) is 9.16. The molecule has 3 heterocycles. The first-order valence-corrected chi connectivity index (χ1v) is 23.5. The maximum atomic E-state index is 9.81. The van der Waals surface area contributed by atoms with Crippen molar-refractivity contribution in [1.82, 2.24) is 19.5 Å². The van der Waals surface area contributed by atoms with Gasteiger partial charge >= 0.3 is 0 Å². The van der Waals surface area contributed by atoms with Crippen LogP contribution in [0.2, 0.25) is 0 Å². The highest BCUT2D eigenvalue weighted by atomic mass is 28.3. The van der Waals surface area contributed by atoms with Gasteiger partial charge in [-0.3, -0.25) is 0 Å². The molecule has 13 rings (SSSR count). The van der Waals surface area contributed by atoms with Gasteiger partial charge in [0.25, 0.3) is 0 Å². The average Bonchev–Trinajstić information content (AvgIpc) is 1.53. The molecule has 13 aromatic rings. The maximum Gasteiger partial charge on any atom is 0.179 e. The highest BCUT2D eigenvalue weighted by Gasteiger charge is 2.41. The van der Waals surface area contributed by atoms with Gasteiger partial charge in [-0.2, -0.15) is 0 Å². The van der Waals surface area contributed by atoms with Crippen LogP contribution in [0.1, 0.15) is 31.5 Å². The molecule has 0 saturated carbocycles. The molecule has 0 spiro atoms. The average molecular weight is 922 g/mol. The third-order valence-corrected chi connectivity index (χ3v) is 16.9. The summed E-state index contributed by atoms with van der Waals surface area (Å²) < 4.78 is 217. The van der Waals surface area contributed by atoms with Gasteiger partial charge in [0.05, 0.1) is 48.2 Å². The van der Waals surface area contributed by atoms with Crippen molar-refractivity contribution in [3.05, 3.63) is 254 Å². The summed E-state index contributed by atoms with van der Waals surface area (Å²) in [6.07, 6.45) is 0. The molecule has 69 heavy (non-hydrogen) atoms. The lowest BCUT2D eigenvalue weighted by atomic mass is 9.95. The van der Waals surface area contributed by atoms with Crippen LogP contribution in [0.5, 0.6) is 0 Å². The Balaban J connectivity index is 1.20. The molecule has 3 aromatic heterocycles. The van der Waals surface area contributed by atoms with Gasteiger partial charge in [0, 0.05) is 38.2 Å². The minimum absolute atomic E-state index is 0.160. The monoisotopic (exact) mass is 921 g/mol. The maximum absolute atomic E-state index is 9.81. The minimum atomic E-state index is -3.26. The van der Waals surface area contributed by atoms with E-state index in [1.165, 1.54) is 0 Å². The lowest BCUT2D eigenvalue weighted by Gasteiger charge is -2.34. The van der Waals surface area contributed by atoms with Crippen LogP contribution in [0, 0.1) is 0 Å². The molecule has 0 bridgehead atoms. The van der Waals surface area contributed by atoms with Crippen molar-refractivity contribution in [2.24, 2.45) is 0 Å². The van der Waals surface area contributed by atoms with Crippen molar-refractivity contribution in [3.8, 4) is 51.0 Å². The van der Waals surface area contributed by atoms with Gasteiger partial charge in [0.2, 0.25) is 0 Å². The number of hydrogen-bond donors (Lipinski definition) is 0. The van der Waals surface area contributed by atoms with Gasteiger partial charge in [0.1, 0.15) is 11.2 Å². The first-order valence-electron chi connectivity index (χ1n) is 33.0. The number of furan rings is 1. The second kappa shape index (κ2) is 16.7. The smallest absolute Gasteiger partial charge is 0.179 e. The van der Waals surface area contributed by atoms with E-state index in [0.29, 0.717) is 0 Å². The van der Waals surface area contributed by atoms with Crippen LogP contribution >= 0.6 is 0 Å². The van der Waals surface area contributed by atoms with E-state index in [4.69, 9.17) is 38.6 Å². The van der Waals surface area contributed by atoms with Crippen molar-refractivity contribution in [3.63, 3.8) is 0 Å². The van der Waals surface area contributed by atoms with E-state index in [1.54, 1.807) is 12.1 Å². The van der Waals surface area contributed by atoms with Crippen LogP contribution in [0.15, 0.2) is 259 Å². The zero-order valence-corrected chi connectivity index (χ0v) is 36.7. The van der Waals surface area contributed by atoms with E-state index in [-0.39, 0.29) is 11.4 Å². The first-order chi connectivity index (χ1) is 43.8. The van der Waals surface area contributed by atoms with E-state index in [0.717, 1.165) is 25.3 Å². The summed E-state index contributed by atoms with van der Waals surface area (Å²) in [6, 6.07) is 17.6. The Morgan fingerprint density at radius 2 is 0.812 bits per heavy atom. The molecule has 0 unspecified atom stereocenters. The molecule has 0 aliphatic carbocycles. The van der Waals surface area contributed by atoms with Crippen LogP contribution in [0.25, 0.3) is 94.7 Å². The molecule has 5 nitrogen and oxygen atoms in total. The van der Waals surface area contributed by atoms with Crippen molar-refractivity contribution in [2.45, 2.75) is 0 Å². The largest absolute Gasteiger partial charge is 0.456 e. The third-order valence-electron chi connectivity index (χ3n) is 12.1. The quantitative estimate of drug-likeness (QED) is 0.107. The Labute approximate surface area is 432 Å². The van der Waals surface area contributed by atoms with Gasteiger partial charge in [-0.1, -0.05) is 218 Å². The van der Waals surface area contributed by atoms with Crippen LogP contribution in [0.4, 0.5) is 0 Å². The van der Waals surface area contributed by atoms with Crippen LogP contribution in [-0.2, 0) is 0 Å². The number of nitrogens with zero attached hydrogens (tertiary/aromatic N) is 4. The summed E-state index contributed by atoms with van der Waals surface area (Å²) in [7, 11) is -3.26. The van der Waals surface area contributed by atoms with Gasteiger partial charge in [0.15, 0.2) is 25.5 Å². The van der Waals surface area contributed by atoms with Gasteiger partial charge in [-0.15, -0.1) is 0 Å². The number of benzene rings is 10. The number of para-hydroxylation sites is 4. The molecule has 0 radical (unpaired) electrons. The molecule has 0 N–H and O–H groups in total. The third kappa shape index (κ3) is 6.64. The zero-order chi connectivity index (χ0) is 65.7. The number of rotatable bonds is 9. The number of aromatic nitrogens is 4. The van der Waals surface area contributed by atoms with Crippen molar-refractivity contribution >= 4 is 72.6 Å². The second-order valence-electron chi connectivity index (χ2n) is 15.7. The summed E-state index contributed by atoms with van der Waals surface area (Å²) in [5.41, 5.74) is -5.27. The molecule has 0 aliphatic heterocycles. The molecular weight excluding hydrogens is 857 g/mol. The minimum Gasteiger partial charge on any atom is -0.456 e. The van der Waals surface area contributed by atoms with E-state index in [9.17, 15) is 12.3 Å². The normalized spacial score (nSPS) is 16.4. The molecule has 0 saturated heterocycles. The summed E-state index contributed by atoms with van der Waals surface area (Å²) in [4.78, 5) is 14.6. The molecule has 0 fully saturated rings. The Morgan fingerprint density at radius 1 is 0.362 bits per heavy atom. The van der Waals surface area contributed by atoms with E-state index < -0.39 is 230 Å². The molecule has 0 aliphatic rings. The van der Waals surface area contributed by atoms with Crippen LogP contribution in [-0.4, -0.2) is 27.6 Å². The Kier molecular flexibility index (Phi) is 5.61. The van der Waals surface area contributed by atoms with Crippen LogP contribution in [0.3, 0.4) is 0 Å². The van der Waals surface area contributed by atoms with E-state index in [1.807, 2.05) is 66.7 Å². The highest BCUT2D eigenvalue weighted by molar-refractivity contribution is 7.19. The standard InChI is InChI=1S/C63H42N4OSi/c1-4-21-44(22-5-1)69(45-23-6-2-7-24-45,46-25-8-3-9-26-46)47-41-39-43(40-42-47)61-64-62(52-30-11-10-27-48(52)51-33-20-38-59-60(51)54-32-15-19-37-58(54)68-59)66-63(65-61)53-31-14-18-36-57(53)67-55-34-16-12-28-49(55)50-29-13-17-35-56(50)67/h1-42H/i10D,11D,12D,13D,14D,15D,16D,17D,18D,19D,20D,27D,28D,29D,30D,31D,32D,33D,34D,35D,36D,37D,38D. The lowest BCUT2D eigenvalue weighted by molar-refractivity contribution is 0.669.